The van der Waals surface area contributed by atoms with E-state index in [0.717, 1.165) is 6.54 Å². The van der Waals surface area contributed by atoms with Crippen molar-refractivity contribution in [3.63, 3.8) is 0 Å². The maximum atomic E-state index is 13.9. The summed E-state index contributed by atoms with van der Waals surface area (Å²) in [5, 5.41) is 6.71. The van der Waals surface area contributed by atoms with Crippen LogP contribution in [-0.2, 0) is 0 Å². The minimum Gasteiger partial charge on any atom is -0.370 e. The molecule has 0 saturated carbocycles. The first kappa shape index (κ1) is 14.9. The molecule has 0 spiro atoms. The molecular formula is C13H14ClFN4S. The maximum absolute atomic E-state index is 13.9. The molecule has 0 radical (unpaired) electrons. The average molecular weight is 313 g/mol. The summed E-state index contributed by atoms with van der Waals surface area (Å²) in [5.74, 6) is 0.710. The Kier molecular flexibility index (Phi) is 5.03. The fourth-order valence-corrected chi connectivity index (χ4v) is 2.14. The Labute approximate surface area is 126 Å². The van der Waals surface area contributed by atoms with Gasteiger partial charge in [-0.05, 0) is 25.3 Å². The third kappa shape index (κ3) is 3.52. The van der Waals surface area contributed by atoms with Gasteiger partial charge in [-0.2, -0.15) is 0 Å². The van der Waals surface area contributed by atoms with Crippen LogP contribution in [0.3, 0.4) is 0 Å². The van der Waals surface area contributed by atoms with Gasteiger partial charge in [0, 0.05) is 12.6 Å². The van der Waals surface area contributed by atoms with Gasteiger partial charge in [0.25, 0.3) is 0 Å². The van der Waals surface area contributed by atoms with Crippen LogP contribution in [0.4, 0.5) is 21.7 Å². The van der Waals surface area contributed by atoms with Crippen molar-refractivity contribution in [2.75, 3.05) is 23.4 Å². The van der Waals surface area contributed by atoms with Crippen LogP contribution in [0.2, 0.25) is 5.02 Å². The summed E-state index contributed by atoms with van der Waals surface area (Å²) in [5.41, 5.74) is 0.283. The Morgan fingerprint density at radius 3 is 2.75 bits per heavy atom. The normalized spacial score (nSPS) is 10.4. The number of nitrogens with zero attached hydrogens (tertiary/aromatic N) is 2. The highest BCUT2D eigenvalue weighted by Gasteiger charge is 2.09. The van der Waals surface area contributed by atoms with Gasteiger partial charge >= 0.3 is 0 Å². The predicted molar refractivity (Wildman–Crippen MR) is 82.7 cm³/mol. The van der Waals surface area contributed by atoms with Crippen LogP contribution in [-0.4, -0.2) is 22.8 Å². The van der Waals surface area contributed by atoms with Gasteiger partial charge in [0.15, 0.2) is 11.0 Å². The minimum absolute atomic E-state index is 0.0704. The highest BCUT2D eigenvalue weighted by atomic mass is 35.5. The van der Waals surface area contributed by atoms with Crippen LogP contribution in [0, 0.1) is 5.82 Å². The summed E-state index contributed by atoms with van der Waals surface area (Å²) in [6.45, 7) is 2.72. The number of anilines is 3. The predicted octanol–water partition coefficient (Wildman–Crippen LogP) is 4.17. The largest absolute Gasteiger partial charge is 0.370 e. The van der Waals surface area contributed by atoms with Gasteiger partial charge < -0.3 is 10.6 Å². The van der Waals surface area contributed by atoms with Gasteiger partial charge in [0.2, 0.25) is 0 Å². The molecule has 4 nitrogen and oxygen atoms in total. The molecule has 0 aliphatic rings. The van der Waals surface area contributed by atoms with E-state index in [1.807, 2.05) is 13.2 Å². The first-order valence-electron chi connectivity index (χ1n) is 6.02. The molecule has 0 aliphatic heterocycles. The number of nitrogens with one attached hydrogen (secondary N) is 2. The molecule has 0 unspecified atom stereocenters. The first-order chi connectivity index (χ1) is 9.63. The number of hydrogen-bond acceptors (Lipinski definition) is 5. The average Bonchev–Trinajstić information content (AvgIpc) is 2.44. The minimum atomic E-state index is -0.497. The zero-order valence-electron chi connectivity index (χ0n) is 11.1. The zero-order chi connectivity index (χ0) is 14.5. The fourth-order valence-electron chi connectivity index (χ4n) is 1.59. The SMILES string of the molecule is CCNc1cc(Nc2cccc(Cl)c2F)nc(SC)n1. The summed E-state index contributed by atoms with van der Waals surface area (Å²) in [4.78, 5) is 8.60. The molecule has 0 fully saturated rings. The maximum Gasteiger partial charge on any atom is 0.191 e. The molecule has 2 N–H and O–H groups in total. The van der Waals surface area contributed by atoms with Crippen LogP contribution < -0.4 is 10.6 Å². The highest BCUT2D eigenvalue weighted by Crippen LogP contribution is 2.26. The summed E-state index contributed by atoms with van der Waals surface area (Å²) >= 11 is 7.17. The van der Waals surface area contributed by atoms with E-state index in [1.165, 1.54) is 17.8 Å². The smallest absolute Gasteiger partial charge is 0.191 e. The highest BCUT2D eigenvalue weighted by molar-refractivity contribution is 7.98. The molecule has 106 valence electrons. The van der Waals surface area contributed by atoms with E-state index in [-0.39, 0.29) is 10.7 Å². The lowest BCUT2D eigenvalue weighted by molar-refractivity contribution is 0.632. The zero-order valence-corrected chi connectivity index (χ0v) is 12.6. The second-order valence-electron chi connectivity index (χ2n) is 3.88. The monoisotopic (exact) mass is 312 g/mol. The Morgan fingerprint density at radius 1 is 1.30 bits per heavy atom. The molecule has 2 rings (SSSR count). The summed E-state index contributed by atoms with van der Waals surface area (Å²) in [6.07, 6.45) is 1.88. The molecule has 0 amide bonds. The number of rotatable bonds is 5. The Balaban J connectivity index is 2.32. The molecule has 0 bridgehead atoms. The van der Waals surface area contributed by atoms with Crippen molar-refractivity contribution in [3.8, 4) is 0 Å². The van der Waals surface area contributed by atoms with Gasteiger partial charge in [-0.25, -0.2) is 14.4 Å². The second kappa shape index (κ2) is 6.76. The molecule has 20 heavy (non-hydrogen) atoms. The van der Waals surface area contributed by atoms with E-state index in [1.54, 1.807) is 18.2 Å². The number of aromatic nitrogens is 2. The quantitative estimate of drug-likeness (QED) is 0.641. The molecule has 2 aromatic rings. The van der Waals surface area contributed by atoms with Crippen molar-refractivity contribution in [1.82, 2.24) is 9.97 Å². The van der Waals surface area contributed by atoms with Gasteiger partial charge in [-0.15, -0.1) is 0 Å². The second-order valence-corrected chi connectivity index (χ2v) is 5.06. The van der Waals surface area contributed by atoms with Crippen molar-refractivity contribution in [2.45, 2.75) is 12.1 Å². The van der Waals surface area contributed by atoms with Crippen molar-refractivity contribution in [3.05, 3.63) is 35.1 Å². The van der Waals surface area contributed by atoms with Gasteiger partial charge in [0.05, 0.1) is 10.7 Å². The summed E-state index contributed by atoms with van der Waals surface area (Å²) in [7, 11) is 0. The van der Waals surface area contributed by atoms with Crippen molar-refractivity contribution >= 4 is 40.7 Å². The van der Waals surface area contributed by atoms with E-state index in [0.29, 0.717) is 16.8 Å². The van der Waals surface area contributed by atoms with Crippen LogP contribution in [0.15, 0.2) is 29.4 Å². The lowest BCUT2D eigenvalue weighted by Gasteiger charge is -2.10. The summed E-state index contributed by atoms with van der Waals surface area (Å²) < 4.78 is 13.9. The summed E-state index contributed by atoms with van der Waals surface area (Å²) in [6, 6.07) is 6.51. The number of hydrogen-bond donors (Lipinski definition) is 2. The van der Waals surface area contributed by atoms with E-state index >= 15 is 0 Å². The van der Waals surface area contributed by atoms with Crippen molar-refractivity contribution in [2.24, 2.45) is 0 Å². The van der Waals surface area contributed by atoms with Crippen LogP contribution in [0.1, 0.15) is 6.92 Å². The standard InChI is InChI=1S/C13H14ClFN4S/c1-3-16-10-7-11(19-13(18-10)20-2)17-9-6-4-5-8(14)12(9)15/h4-7H,3H2,1-2H3,(H2,16,17,18,19). The molecular weight excluding hydrogens is 299 g/mol. The number of benzene rings is 1. The first-order valence-corrected chi connectivity index (χ1v) is 7.62. The Hall–Kier alpha value is -1.53. The molecule has 1 aromatic heterocycles. The van der Waals surface area contributed by atoms with Crippen LogP contribution >= 0.6 is 23.4 Å². The molecule has 7 heteroatoms. The van der Waals surface area contributed by atoms with E-state index in [4.69, 9.17) is 11.6 Å². The van der Waals surface area contributed by atoms with Crippen molar-refractivity contribution in [1.29, 1.82) is 0 Å². The third-order valence-electron chi connectivity index (χ3n) is 2.46. The lowest BCUT2D eigenvalue weighted by Crippen LogP contribution is -2.04. The number of halogens is 2. The molecule has 0 aliphatic carbocycles. The number of thioether (sulfide) groups is 1. The molecule has 1 aromatic carbocycles. The van der Waals surface area contributed by atoms with E-state index in [2.05, 4.69) is 20.6 Å². The lowest BCUT2D eigenvalue weighted by atomic mass is 10.3. The molecule has 0 saturated heterocycles. The van der Waals surface area contributed by atoms with Crippen molar-refractivity contribution < 1.29 is 4.39 Å². The van der Waals surface area contributed by atoms with Crippen LogP contribution in [0.5, 0.6) is 0 Å². The Morgan fingerprint density at radius 2 is 2.05 bits per heavy atom. The Bertz CT molecular complexity index is 609. The van der Waals surface area contributed by atoms with E-state index in [9.17, 15) is 4.39 Å². The molecule has 1 heterocycles. The van der Waals surface area contributed by atoms with Crippen LogP contribution in [0.25, 0.3) is 0 Å². The van der Waals surface area contributed by atoms with Gasteiger partial charge in [0.1, 0.15) is 11.6 Å². The van der Waals surface area contributed by atoms with E-state index < -0.39 is 5.82 Å². The molecule has 0 atom stereocenters. The van der Waals surface area contributed by atoms with Gasteiger partial charge in [-0.3, -0.25) is 0 Å². The topological polar surface area (TPSA) is 49.8 Å². The fraction of sp³-hybridized carbons (Fsp3) is 0.231. The third-order valence-corrected chi connectivity index (χ3v) is 3.30. The van der Waals surface area contributed by atoms with Gasteiger partial charge in [-0.1, -0.05) is 29.4 Å².